The summed E-state index contributed by atoms with van der Waals surface area (Å²) in [6.07, 6.45) is 2.34. The molecule has 9 heteroatoms. The van der Waals surface area contributed by atoms with Gasteiger partial charge in [-0.2, -0.15) is 13.2 Å². The third kappa shape index (κ3) is 3.92. The summed E-state index contributed by atoms with van der Waals surface area (Å²) < 4.78 is 38.8. The lowest BCUT2D eigenvalue weighted by Gasteiger charge is -2.29. The number of hydrogen-bond acceptors (Lipinski definition) is 6. The molecule has 2 aliphatic rings. The first-order valence-electron chi connectivity index (χ1n) is 10.2. The molecule has 2 aromatic heterocycles. The average molecular weight is 446 g/mol. The van der Waals surface area contributed by atoms with Crippen LogP contribution >= 0.6 is 11.3 Å². The van der Waals surface area contributed by atoms with Crippen molar-refractivity contribution >= 4 is 23.0 Å². The second-order valence-corrected chi connectivity index (χ2v) is 9.46. The highest BCUT2D eigenvalue weighted by Crippen LogP contribution is 2.59. The van der Waals surface area contributed by atoms with Crippen molar-refractivity contribution in [2.45, 2.75) is 44.4 Å². The number of aryl methyl sites for hydroxylation is 1. The van der Waals surface area contributed by atoms with E-state index in [1.807, 2.05) is 25.1 Å². The first-order valence-corrected chi connectivity index (χ1v) is 11.0. The van der Waals surface area contributed by atoms with E-state index >= 15 is 0 Å². The Morgan fingerprint density at radius 1 is 1.23 bits per heavy atom. The van der Waals surface area contributed by atoms with Crippen LogP contribution < -0.4 is 5.32 Å². The molecule has 5 nitrogen and oxygen atoms in total. The van der Waals surface area contributed by atoms with Crippen LogP contribution in [0.25, 0.3) is 10.4 Å². The number of nitrogens with zero attached hydrogens (tertiary/aromatic N) is 3. The van der Waals surface area contributed by atoms with E-state index in [9.17, 15) is 18.3 Å². The van der Waals surface area contributed by atoms with E-state index in [-0.39, 0.29) is 5.95 Å². The molecule has 2 fully saturated rings. The maximum Gasteiger partial charge on any atom is 0.433 e. The molecular weight excluding hydrogens is 425 g/mol. The van der Waals surface area contributed by atoms with E-state index < -0.39 is 17.5 Å². The first kappa shape index (κ1) is 20.4. The fraction of sp³-hybridized carbons (Fsp3) is 0.409. The average Bonchev–Trinajstić information content (AvgIpc) is 3.34. The van der Waals surface area contributed by atoms with E-state index in [0.717, 1.165) is 52.5 Å². The molecule has 2 heterocycles. The topological polar surface area (TPSA) is 70.9 Å². The van der Waals surface area contributed by atoms with Gasteiger partial charge in [-0.05, 0) is 73.8 Å². The van der Waals surface area contributed by atoms with Crippen LogP contribution in [0.1, 0.15) is 41.9 Å². The zero-order valence-corrected chi connectivity index (χ0v) is 17.6. The summed E-state index contributed by atoms with van der Waals surface area (Å²) in [6, 6.07) is 6.48. The number of thiazole rings is 1. The van der Waals surface area contributed by atoms with Gasteiger partial charge in [0.25, 0.3) is 0 Å². The predicted octanol–water partition coefficient (Wildman–Crippen LogP) is 5.68. The van der Waals surface area contributed by atoms with Crippen LogP contribution in [0, 0.1) is 18.8 Å². The van der Waals surface area contributed by atoms with Gasteiger partial charge in [0.2, 0.25) is 5.95 Å². The van der Waals surface area contributed by atoms with Gasteiger partial charge in [0.05, 0.1) is 4.88 Å². The molecule has 0 amide bonds. The molecule has 3 aromatic rings. The lowest BCUT2D eigenvalue weighted by atomic mass is 9.85. The zero-order chi connectivity index (χ0) is 21.8. The van der Waals surface area contributed by atoms with Gasteiger partial charge in [-0.15, -0.1) is 11.3 Å². The van der Waals surface area contributed by atoms with Crippen LogP contribution in [0.4, 0.5) is 24.8 Å². The first-order chi connectivity index (χ1) is 14.7. The Bertz CT molecular complexity index is 1130. The number of alkyl halides is 3. The zero-order valence-electron chi connectivity index (χ0n) is 16.8. The number of aliphatic hydroxyl groups is 1. The molecule has 0 radical (unpaired) electrons. The molecule has 5 rings (SSSR count). The number of fused-ring (bicyclic) bond motifs is 1. The minimum absolute atomic E-state index is 0.118. The Hall–Kier alpha value is -2.52. The SMILES string of the molecule is Cc1cc(Nc2nccc(C(F)(F)F)n2)cc(-c2cnc(C3(O)CCCC4CC43)s2)c1. The highest BCUT2D eigenvalue weighted by atomic mass is 32.1. The molecular formula is C22H21F3N4OS. The molecule has 0 saturated heterocycles. The van der Waals surface area contributed by atoms with Crippen LogP contribution in [0.15, 0.2) is 36.7 Å². The molecule has 31 heavy (non-hydrogen) atoms. The van der Waals surface area contributed by atoms with Crippen LogP contribution in [-0.4, -0.2) is 20.1 Å². The highest BCUT2D eigenvalue weighted by molar-refractivity contribution is 7.15. The molecule has 162 valence electrons. The lowest BCUT2D eigenvalue weighted by Crippen LogP contribution is -2.31. The number of hydrogen-bond donors (Lipinski definition) is 2. The standard InChI is InChI=1S/C22H21F3N4OS/c1-12-7-14(9-15(8-12)28-20-26-6-4-18(29-20)22(23,24)25)17-11-27-19(31-17)21(30)5-2-3-13-10-16(13)21/h4,6-9,11,13,16,30H,2-3,5,10H2,1H3,(H,26,28,29). The van der Waals surface area contributed by atoms with Crippen molar-refractivity contribution in [2.24, 2.45) is 11.8 Å². The predicted molar refractivity (Wildman–Crippen MR) is 112 cm³/mol. The number of benzene rings is 1. The summed E-state index contributed by atoms with van der Waals surface area (Å²) in [5.74, 6) is 0.814. The highest BCUT2D eigenvalue weighted by Gasteiger charge is 2.56. The Labute approximate surface area is 181 Å². The lowest BCUT2D eigenvalue weighted by molar-refractivity contribution is -0.141. The third-order valence-electron chi connectivity index (χ3n) is 6.11. The Balaban J connectivity index is 1.42. The van der Waals surface area contributed by atoms with Gasteiger partial charge in [0, 0.05) is 18.1 Å². The van der Waals surface area contributed by atoms with E-state index in [1.165, 1.54) is 17.8 Å². The molecule has 0 aliphatic heterocycles. The molecule has 3 atom stereocenters. The van der Waals surface area contributed by atoms with Gasteiger partial charge in [0.1, 0.15) is 16.3 Å². The largest absolute Gasteiger partial charge is 0.433 e. The Morgan fingerprint density at radius 3 is 2.87 bits per heavy atom. The summed E-state index contributed by atoms with van der Waals surface area (Å²) in [4.78, 5) is 12.9. The van der Waals surface area contributed by atoms with Crippen LogP contribution in [0.2, 0.25) is 0 Å². The summed E-state index contributed by atoms with van der Waals surface area (Å²) in [7, 11) is 0. The summed E-state index contributed by atoms with van der Waals surface area (Å²) in [6.45, 7) is 1.91. The molecule has 2 N–H and O–H groups in total. The minimum atomic E-state index is -4.53. The molecule has 1 aromatic carbocycles. The summed E-state index contributed by atoms with van der Waals surface area (Å²) in [5.41, 5.74) is 0.570. The van der Waals surface area contributed by atoms with Crippen molar-refractivity contribution in [2.75, 3.05) is 5.32 Å². The number of rotatable bonds is 4. The molecule has 0 bridgehead atoms. The number of nitrogens with one attached hydrogen (secondary N) is 1. The smallest absolute Gasteiger partial charge is 0.382 e. The minimum Gasteiger partial charge on any atom is -0.382 e. The number of aromatic nitrogens is 3. The normalized spacial score (nSPS) is 25.2. The summed E-state index contributed by atoms with van der Waals surface area (Å²) in [5, 5.41) is 14.9. The second-order valence-electron chi connectivity index (χ2n) is 8.42. The molecule has 3 unspecified atom stereocenters. The molecule has 0 spiro atoms. The quantitative estimate of drug-likeness (QED) is 0.540. The van der Waals surface area contributed by atoms with Gasteiger partial charge in [-0.3, -0.25) is 0 Å². The second kappa shape index (κ2) is 7.27. The van der Waals surface area contributed by atoms with Gasteiger partial charge >= 0.3 is 6.18 Å². The number of anilines is 2. The monoisotopic (exact) mass is 446 g/mol. The van der Waals surface area contributed by atoms with Crippen molar-refractivity contribution in [3.8, 4) is 10.4 Å². The maximum absolute atomic E-state index is 12.9. The van der Waals surface area contributed by atoms with E-state index in [4.69, 9.17) is 0 Å². The van der Waals surface area contributed by atoms with Gasteiger partial charge < -0.3 is 10.4 Å². The van der Waals surface area contributed by atoms with E-state index in [0.29, 0.717) is 17.5 Å². The summed E-state index contributed by atoms with van der Waals surface area (Å²) >= 11 is 1.48. The van der Waals surface area contributed by atoms with Crippen molar-refractivity contribution in [3.05, 3.63) is 52.9 Å². The fourth-order valence-electron chi connectivity index (χ4n) is 4.55. The van der Waals surface area contributed by atoms with E-state index in [1.54, 1.807) is 6.20 Å². The Morgan fingerprint density at radius 2 is 2.06 bits per heavy atom. The number of halogens is 3. The molecule has 2 saturated carbocycles. The van der Waals surface area contributed by atoms with Crippen molar-refractivity contribution < 1.29 is 18.3 Å². The molecule has 2 aliphatic carbocycles. The van der Waals surface area contributed by atoms with Gasteiger partial charge in [-0.1, -0.05) is 6.07 Å². The van der Waals surface area contributed by atoms with Crippen LogP contribution in [0.5, 0.6) is 0 Å². The maximum atomic E-state index is 12.9. The van der Waals surface area contributed by atoms with Crippen LogP contribution in [0.3, 0.4) is 0 Å². The van der Waals surface area contributed by atoms with Crippen molar-refractivity contribution in [1.29, 1.82) is 0 Å². The van der Waals surface area contributed by atoms with Gasteiger partial charge in [0.15, 0.2) is 0 Å². The Kier molecular flexibility index (Phi) is 4.78. The van der Waals surface area contributed by atoms with Crippen molar-refractivity contribution in [3.63, 3.8) is 0 Å². The van der Waals surface area contributed by atoms with E-state index in [2.05, 4.69) is 20.3 Å². The van der Waals surface area contributed by atoms with Crippen molar-refractivity contribution in [1.82, 2.24) is 15.0 Å². The fourth-order valence-corrected chi connectivity index (χ4v) is 5.63. The third-order valence-corrected chi connectivity index (χ3v) is 7.32. The van der Waals surface area contributed by atoms with Crippen LogP contribution in [-0.2, 0) is 11.8 Å². The van der Waals surface area contributed by atoms with Gasteiger partial charge in [-0.25, -0.2) is 15.0 Å².